The van der Waals surface area contributed by atoms with Crippen molar-refractivity contribution in [2.24, 2.45) is 5.73 Å². The van der Waals surface area contributed by atoms with E-state index in [4.69, 9.17) is 10.2 Å². The SMILES string of the molecule is C=O.N=C(N)N[N+](=O)[O-]. The Kier molecular flexibility index (Phi) is 7.29. The van der Waals surface area contributed by atoms with E-state index in [1.165, 1.54) is 5.43 Å². The van der Waals surface area contributed by atoms with Crippen LogP contribution in [0.3, 0.4) is 0 Å². The van der Waals surface area contributed by atoms with Crippen LogP contribution in [0, 0.1) is 15.5 Å². The van der Waals surface area contributed by atoms with Crippen LogP contribution in [0.1, 0.15) is 0 Å². The molecule has 9 heavy (non-hydrogen) atoms. The molecular formula is C2H6N4O3. The van der Waals surface area contributed by atoms with Crippen LogP contribution in [0.25, 0.3) is 0 Å². The molecule has 0 aliphatic carbocycles. The maximum Gasteiger partial charge on any atom is 0.248 e. The minimum absolute atomic E-state index is 0.662. The van der Waals surface area contributed by atoms with Gasteiger partial charge in [-0.2, -0.15) is 0 Å². The van der Waals surface area contributed by atoms with Gasteiger partial charge in [-0.05, 0) is 0 Å². The van der Waals surface area contributed by atoms with E-state index in [2.05, 4.69) is 5.73 Å². The fourth-order valence-electron chi connectivity index (χ4n) is 0.0983. The third kappa shape index (κ3) is 21.8. The first-order valence-electron chi connectivity index (χ1n) is 1.67. The van der Waals surface area contributed by atoms with Crippen molar-refractivity contribution in [3.8, 4) is 0 Å². The summed E-state index contributed by atoms with van der Waals surface area (Å²) in [6.45, 7) is 2.00. The molecule has 0 unspecified atom stereocenters. The first-order valence-corrected chi connectivity index (χ1v) is 1.67. The number of hydrogen-bond acceptors (Lipinski definition) is 4. The molecule has 7 nitrogen and oxygen atoms in total. The molecule has 7 heteroatoms. The molecule has 0 saturated heterocycles. The monoisotopic (exact) mass is 134 g/mol. The van der Waals surface area contributed by atoms with Crippen LogP contribution in [-0.2, 0) is 4.79 Å². The van der Waals surface area contributed by atoms with Crippen LogP contribution < -0.4 is 11.2 Å². The maximum atomic E-state index is 9.28. The van der Waals surface area contributed by atoms with Crippen molar-refractivity contribution in [3.63, 3.8) is 0 Å². The molecule has 0 amide bonds. The summed E-state index contributed by atoms with van der Waals surface area (Å²) in [6.07, 6.45) is 0. The predicted molar refractivity (Wildman–Crippen MR) is 29.2 cm³/mol. The fraction of sp³-hybridized carbons (Fsp3) is 0. The van der Waals surface area contributed by atoms with Gasteiger partial charge in [-0.15, -0.1) is 0 Å². The van der Waals surface area contributed by atoms with Crippen LogP contribution in [-0.4, -0.2) is 17.8 Å². The Labute approximate surface area is 50.5 Å². The molecule has 0 spiro atoms. The summed E-state index contributed by atoms with van der Waals surface area (Å²) >= 11 is 0. The molecule has 0 aliphatic rings. The summed E-state index contributed by atoms with van der Waals surface area (Å²) < 4.78 is 0. The van der Waals surface area contributed by atoms with Crippen molar-refractivity contribution >= 4 is 12.7 Å². The molecule has 0 aromatic rings. The van der Waals surface area contributed by atoms with Crippen LogP contribution in [0.5, 0.6) is 0 Å². The number of nitrogens with zero attached hydrogens (tertiary/aromatic N) is 1. The molecule has 0 aliphatic heterocycles. The summed E-state index contributed by atoms with van der Waals surface area (Å²) in [4.78, 5) is 17.3. The van der Waals surface area contributed by atoms with Crippen molar-refractivity contribution < 1.29 is 9.83 Å². The highest BCUT2D eigenvalue weighted by Crippen LogP contribution is 1.50. The smallest absolute Gasteiger partial charge is 0.248 e. The zero-order valence-electron chi connectivity index (χ0n) is 4.46. The van der Waals surface area contributed by atoms with Gasteiger partial charge in [-0.1, -0.05) is 5.43 Å². The van der Waals surface area contributed by atoms with Gasteiger partial charge in [0.1, 0.15) is 6.79 Å². The third-order valence-corrected chi connectivity index (χ3v) is 0.212. The average Bonchev–Trinajstić information content (AvgIpc) is 1.68. The standard InChI is InChI=1S/CH4N4O2.CH2O/c2-1(3)4-5(6)7;1-2/h(H4,2,3,4);1H2. The molecule has 0 aromatic heterocycles. The van der Waals surface area contributed by atoms with Crippen LogP contribution in [0.15, 0.2) is 0 Å². The van der Waals surface area contributed by atoms with Gasteiger partial charge in [0.25, 0.3) is 0 Å². The van der Waals surface area contributed by atoms with Crippen molar-refractivity contribution in [3.05, 3.63) is 10.1 Å². The average molecular weight is 134 g/mol. The van der Waals surface area contributed by atoms with Gasteiger partial charge in [0.05, 0.1) is 0 Å². The second-order valence-electron chi connectivity index (χ2n) is 0.783. The molecule has 0 bridgehead atoms. The second-order valence-corrected chi connectivity index (χ2v) is 0.783. The number of hydrogen-bond donors (Lipinski definition) is 3. The summed E-state index contributed by atoms with van der Waals surface area (Å²) in [5, 5.41) is 14.6. The first kappa shape index (κ1) is 10.3. The number of carbonyl (C=O) groups excluding carboxylic acids is 1. The molecule has 0 radical (unpaired) electrons. The van der Waals surface area contributed by atoms with E-state index in [1.54, 1.807) is 0 Å². The number of rotatable bonds is 1. The lowest BCUT2D eigenvalue weighted by atomic mass is 11.1. The predicted octanol–water partition coefficient (Wildman–Crippen LogP) is -1.52. The highest BCUT2D eigenvalue weighted by Gasteiger charge is 1.91. The van der Waals surface area contributed by atoms with E-state index >= 15 is 0 Å². The number of nitrogens with one attached hydrogen (secondary N) is 2. The van der Waals surface area contributed by atoms with Gasteiger partial charge in [0.2, 0.25) is 5.96 Å². The van der Waals surface area contributed by atoms with Gasteiger partial charge in [-0.3, -0.25) is 5.41 Å². The van der Waals surface area contributed by atoms with Gasteiger partial charge in [0, 0.05) is 0 Å². The fourth-order valence-corrected chi connectivity index (χ4v) is 0.0983. The maximum absolute atomic E-state index is 9.28. The molecule has 0 saturated carbocycles. The lowest BCUT2D eigenvalue weighted by Crippen LogP contribution is -2.34. The normalized spacial score (nSPS) is 6.22. The zero-order chi connectivity index (χ0) is 7.86. The van der Waals surface area contributed by atoms with E-state index in [9.17, 15) is 10.1 Å². The Bertz CT molecular complexity index is 100. The van der Waals surface area contributed by atoms with Crippen molar-refractivity contribution in [2.45, 2.75) is 0 Å². The van der Waals surface area contributed by atoms with Gasteiger partial charge in [0.15, 0.2) is 5.03 Å². The molecular weight excluding hydrogens is 128 g/mol. The molecule has 0 fully saturated rings. The highest BCUT2D eigenvalue weighted by molar-refractivity contribution is 5.72. The second kappa shape index (κ2) is 6.34. The van der Waals surface area contributed by atoms with Gasteiger partial charge < -0.3 is 10.5 Å². The summed E-state index contributed by atoms with van der Waals surface area (Å²) in [5.41, 5.74) is 5.91. The Hall–Kier alpha value is -1.66. The molecule has 0 heterocycles. The Morgan fingerprint density at radius 2 is 2.11 bits per heavy atom. The van der Waals surface area contributed by atoms with E-state index < -0.39 is 11.0 Å². The van der Waals surface area contributed by atoms with E-state index in [1.807, 2.05) is 6.79 Å². The van der Waals surface area contributed by atoms with E-state index in [-0.39, 0.29) is 0 Å². The summed E-state index contributed by atoms with van der Waals surface area (Å²) in [7, 11) is 0. The van der Waals surface area contributed by atoms with E-state index in [0.717, 1.165) is 0 Å². The first-order chi connectivity index (χ1) is 4.13. The van der Waals surface area contributed by atoms with Crippen LogP contribution >= 0.6 is 0 Å². The number of nitrogens with two attached hydrogens (primary N) is 1. The Morgan fingerprint density at radius 3 is 2.11 bits per heavy atom. The minimum atomic E-state index is -0.900. The quantitative estimate of drug-likeness (QED) is 0.174. The Morgan fingerprint density at radius 1 is 1.78 bits per heavy atom. The number of nitro groups is 1. The van der Waals surface area contributed by atoms with Gasteiger partial charge in [-0.25, -0.2) is 10.1 Å². The highest BCUT2D eigenvalue weighted by atomic mass is 16.7. The van der Waals surface area contributed by atoms with Crippen LogP contribution in [0.4, 0.5) is 0 Å². The van der Waals surface area contributed by atoms with E-state index in [0.29, 0.717) is 0 Å². The lowest BCUT2D eigenvalue weighted by molar-refractivity contribution is -0.525. The number of hydrazine groups is 1. The third-order valence-electron chi connectivity index (χ3n) is 0.212. The van der Waals surface area contributed by atoms with Crippen molar-refractivity contribution in [1.29, 1.82) is 5.41 Å². The summed E-state index contributed by atoms with van der Waals surface area (Å²) in [6, 6.07) is 0. The van der Waals surface area contributed by atoms with Crippen molar-refractivity contribution in [2.75, 3.05) is 0 Å². The van der Waals surface area contributed by atoms with Gasteiger partial charge >= 0.3 is 0 Å². The summed E-state index contributed by atoms with van der Waals surface area (Å²) in [5.74, 6) is -0.662. The van der Waals surface area contributed by atoms with Crippen molar-refractivity contribution in [1.82, 2.24) is 5.43 Å². The Balaban J connectivity index is 0. The van der Waals surface area contributed by atoms with Crippen LogP contribution in [0.2, 0.25) is 0 Å². The molecule has 0 rings (SSSR count). The number of guanidine groups is 1. The topological polar surface area (TPSA) is 122 Å². The molecule has 0 aromatic carbocycles. The number of carbonyl (C=O) groups is 1. The minimum Gasteiger partial charge on any atom is -0.366 e. The molecule has 4 N–H and O–H groups in total. The molecule has 52 valence electrons. The molecule has 0 atom stereocenters. The largest absolute Gasteiger partial charge is 0.366 e. The zero-order valence-corrected chi connectivity index (χ0v) is 4.46. The lowest BCUT2D eigenvalue weighted by Gasteiger charge is -1.86.